The maximum absolute atomic E-state index is 12.8. The Balaban J connectivity index is 2.81. The molecule has 0 aliphatic rings. The second-order valence-corrected chi connectivity index (χ2v) is 6.61. The Morgan fingerprint density at radius 2 is 1.87 bits per heavy atom. The molecule has 0 aromatic heterocycles. The van der Waals surface area contributed by atoms with Gasteiger partial charge >= 0.3 is 12.1 Å². The summed E-state index contributed by atoms with van der Waals surface area (Å²) in [7, 11) is 0. The Morgan fingerprint density at radius 3 is 2.35 bits per heavy atom. The summed E-state index contributed by atoms with van der Waals surface area (Å²) in [6.07, 6.45) is -4.00. The van der Waals surface area contributed by atoms with Gasteiger partial charge < -0.3 is 4.84 Å². The first kappa shape index (κ1) is 19.5. The van der Waals surface area contributed by atoms with Gasteiger partial charge in [-0.1, -0.05) is 18.2 Å². The zero-order chi connectivity index (χ0) is 17.8. The predicted molar refractivity (Wildman–Crippen MR) is 82.5 cm³/mol. The fraction of sp³-hybridized carbons (Fsp3) is 0.588. The molecule has 6 heteroatoms. The average molecular weight is 331 g/mol. The number of hydrogen-bond donors (Lipinski definition) is 0. The van der Waals surface area contributed by atoms with Crippen molar-refractivity contribution in [2.75, 3.05) is 6.54 Å². The minimum atomic E-state index is -4.36. The van der Waals surface area contributed by atoms with E-state index in [0.29, 0.717) is 18.5 Å². The van der Waals surface area contributed by atoms with E-state index in [1.807, 2.05) is 13.8 Å². The zero-order valence-electron chi connectivity index (χ0n) is 14.2. The minimum Gasteiger partial charge on any atom is -0.367 e. The second-order valence-electron chi connectivity index (χ2n) is 6.61. The lowest BCUT2D eigenvalue weighted by atomic mass is 9.98. The van der Waals surface area contributed by atoms with Crippen molar-refractivity contribution in [3.05, 3.63) is 35.4 Å². The third-order valence-corrected chi connectivity index (χ3v) is 3.40. The summed E-state index contributed by atoms with van der Waals surface area (Å²) in [5.74, 6) is -0.366. The van der Waals surface area contributed by atoms with Crippen LogP contribution in [0.2, 0.25) is 0 Å². The van der Waals surface area contributed by atoms with Gasteiger partial charge in [-0.3, -0.25) is 0 Å². The first-order valence-electron chi connectivity index (χ1n) is 7.60. The summed E-state index contributed by atoms with van der Waals surface area (Å²) in [5.41, 5.74) is -0.752. The minimum absolute atomic E-state index is 0.227. The number of carbonyl (C=O) groups is 1. The standard InChI is InChI=1S/C17H24F3NO2/c1-6-21(23-15(22)16(3,4)5)12(2)10-13-8-7-9-14(11-13)17(18,19)20/h7-9,11-12H,6,10H2,1-5H3. The Hall–Kier alpha value is -1.56. The largest absolute Gasteiger partial charge is 0.416 e. The first-order chi connectivity index (χ1) is 10.4. The summed E-state index contributed by atoms with van der Waals surface area (Å²) in [5, 5.41) is 1.51. The van der Waals surface area contributed by atoms with E-state index >= 15 is 0 Å². The van der Waals surface area contributed by atoms with Gasteiger partial charge in [-0.05, 0) is 52.7 Å². The van der Waals surface area contributed by atoms with Gasteiger partial charge in [0.2, 0.25) is 0 Å². The van der Waals surface area contributed by atoms with Crippen molar-refractivity contribution < 1.29 is 22.8 Å². The van der Waals surface area contributed by atoms with Crippen LogP contribution in [0.3, 0.4) is 0 Å². The van der Waals surface area contributed by atoms with Crippen LogP contribution in [0.15, 0.2) is 24.3 Å². The molecule has 0 aliphatic carbocycles. The molecule has 0 bridgehead atoms. The van der Waals surface area contributed by atoms with E-state index in [1.165, 1.54) is 11.1 Å². The molecule has 0 heterocycles. The van der Waals surface area contributed by atoms with Gasteiger partial charge in [-0.2, -0.15) is 13.2 Å². The number of rotatable bonds is 5. The topological polar surface area (TPSA) is 29.5 Å². The first-order valence-corrected chi connectivity index (χ1v) is 7.60. The highest BCUT2D eigenvalue weighted by molar-refractivity contribution is 5.75. The van der Waals surface area contributed by atoms with Crippen molar-refractivity contribution >= 4 is 5.97 Å². The Bertz CT molecular complexity index is 535. The smallest absolute Gasteiger partial charge is 0.367 e. The predicted octanol–water partition coefficient (Wildman–Crippen LogP) is 4.46. The molecular weight excluding hydrogens is 307 g/mol. The number of alkyl halides is 3. The molecule has 1 unspecified atom stereocenters. The number of hydrogen-bond acceptors (Lipinski definition) is 3. The molecule has 1 atom stereocenters. The SMILES string of the molecule is CCN(OC(=O)C(C)(C)C)C(C)Cc1cccc(C(F)(F)F)c1. The van der Waals surface area contributed by atoms with Gasteiger partial charge in [0.05, 0.1) is 11.0 Å². The van der Waals surface area contributed by atoms with Crippen LogP contribution in [0.1, 0.15) is 45.7 Å². The van der Waals surface area contributed by atoms with E-state index in [1.54, 1.807) is 26.8 Å². The fourth-order valence-electron chi connectivity index (χ4n) is 2.03. The number of carbonyl (C=O) groups excluding carboxylic acids is 1. The molecule has 0 amide bonds. The van der Waals surface area contributed by atoms with E-state index < -0.39 is 17.2 Å². The van der Waals surface area contributed by atoms with Crippen molar-refractivity contribution in [2.45, 2.75) is 53.3 Å². The van der Waals surface area contributed by atoms with Gasteiger partial charge in [0, 0.05) is 12.6 Å². The maximum atomic E-state index is 12.8. The monoisotopic (exact) mass is 331 g/mol. The molecular formula is C17H24F3NO2. The molecule has 1 aromatic rings. The van der Waals surface area contributed by atoms with Gasteiger partial charge in [-0.25, -0.2) is 4.79 Å². The Labute approximate surface area is 135 Å². The van der Waals surface area contributed by atoms with Gasteiger partial charge in [0.1, 0.15) is 0 Å². The Morgan fingerprint density at radius 1 is 1.26 bits per heavy atom. The highest BCUT2D eigenvalue weighted by atomic mass is 19.4. The number of likely N-dealkylation sites (N-methyl/N-ethyl adjacent to an activating group) is 1. The maximum Gasteiger partial charge on any atom is 0.416 e. The average Bonchev–Trinajstić information content (AvgIpc) is 2.42. The van der Waals surface area contributed by atoms with E-state index in [9.17, 15) is 18.0 Å². The van der Waals surface area contributed by atoms with Gasteiger partial charge in [-0.15, -0.1) is 5.06 Å². The number of nitrogens with zero attached hydrogens (tertiary/aromatic N) is 1. The molecule has 23 heavy (non-hydrogen) atoms. The van der Waals surface area contributed by atoms with Crippen LogP contribution in [0, 0.1) is 5.41 Å². The van der Waals surface area contributed by atoms with Crippen molar-refractivity contribution in [3.63, 3.8) is 0 Å². The van der Waals surface area contributed by atoms with Crippen LogP contribution >= 0.6 is 0 Å². The molecule has 0 aliphatic heterocycles. The Kier molecular flexibility index (Phi) is 6.22. The molecule has 0 saturated heterocycles. The van der Waals surface area contributed by atoms with E-state index in [4.69, 9.17) is 4.84 Å². The highest BCUT2D eigenvalue weighted by Gasteiger charge is 2.31. The molecule has 0 fully saturated rings. The van der Waals surface area contributed by atoms with Gasteiger partial charge in [0.25, 0.3) is 0 Å². The van der Waals surface area contributed by atoms with Gasteiger partial charge in [0.15, 0.2) is 0 Å². The molecule has 1 rings (SSSR count). The van der Waals surface area contributed by atoms with Crippen LogP contribution in [0.5, 0.6) is 0 Å². The summed E-state index contributed by atoms with van der Waals surface area (Å²) in [6, 6.07) is 4.99. The van der Waals surface area contributed by atoms with Crippen LogP contribution in [-0.2, 0) is 22.2 Å². The number of halogens is 3. The molecule has 0 saturated carbocycles. The van der Waals surface area contributed by atoms with E-state index in [2.05, 4.69) is 0 Å². The van der Waals surface area contributed by atoms with Crippen molar-refractivity contribution in [3.8, 4) is 0 Å². The molecule has 1 aromatic carbocycles. The third kappa shape index (κ3) is 5.86. The molecule has 3 nitrogen and oxygen atoms in total. The van der Waals surface area contributed by atoms with Crippen LogP contribution in [0.4, 0.5) is 13.2 Å². The van der Waals surface area contributed by atoms with Crippen molar-refractivity contribution in [1.29, 1.82) is 0 Å². The molecule has 0 radical (unpaired) electrons. The number of benzene rings is 1. The van der Waals surface area contributed by atoms with Crippen molar-refractivity contribution in [1.82, 2.24) is 5.06 Å². The second kappa shape index (κ2) is 7.34. The van der Waals surface area contributed by atoms with Crippen LogP contribution < -0.4 is 0 Å². The zero-order valence-corrected chi connectivity index (χ0v) is 14.2. The highest BCUT2D eigenvalue weighted by Crippen LogP contribution is 2.30. The fourth-order valence-corrected chi connectivity index (χ4v) is 2.03. The van der Waals surface area contributed by atoms with Crippen molar-refractivity contribution in [2.24, 2.45) is 5.41 Å². The normalized spacial score (nSPS) is 14.0. The summed E-state index contributed by atoms with van der Waals surface area (Å²) in [6.45, 7) is 9.36. The number of hydroxylamine groups is 2. The lowest BCUT2D eigenvalue weighted by Crippen LogP contribution is -2.39. The summed E-state index contributed by atoms with van der Waals surface area (Å²) >= 11 is 0. The molecule has 130 valence electrons. The lowest BCUT2D eigenvalue weighted by molar-refractivity contribution is -0.208. The van der Waals surface area contributed by atoms with Crippen LogP contribution in [0.25, 0.3) is 0 Å². The van der Waals surface area contributed by atoms with E-state index in [0.717, 1.165) is 12.1 Å². The quantitative estimate of drug-likeness (QED) is 0.746. The summed E-state index contributed by atoms with van der Waals surface area (Å²) in [4.78, 5) is 17.3. The molecule has 0 spiro atoms. The molecule has 0 N–H and O–H groups in total. The third-order valence-electron chi connectivity index (χ3n) is 3.40. The lowest BCUT2D eigenvalue weighted by Gasteiger charge is -2.29. The summed E-state index contributed by atoms with van der Waals surface area (Å²) < 4.78 is 38.3. The van der Waals surface area contributed by atoms with E-state index in [-0.39, 0.29) is 12.0 Å². The van der Waals surface area contributed by atoms with Crippen LogP contribution in [-0.4, -0.2) is 23.6 Å².